The molecule has 1 aromatic rings. The van der Waals surface area contributed by atoms with Gasteiger partial charge >= 0.3 is 0 Å². The summed E-state index contributed by atoms with van der Waals surface area (Å²) in [4.78, 5) is 22.6. The quantitative estimate of drug-likeness (QED) is 0.461. The lowest BCUT2D eigenvalue weighted by Gasteiger charge is -2.33. The first-order valence-electron chi connectivity index (χ1n) is 8.94. The van der Waals surface area contributed by atoms with E-state index in [1.165, 1.54) is 6.42 Å². The number of guanidine groups is 1. The Labute approximate surface area is 155 Å². The highest BCUT2D eigenvalue weighted by atomic mass is 35.5. The summed E-state index contributed by atoms with van der Waals surface area (Å²) in [6.07, 6.45) is 6.55. The number of rotatable bonds is 6. The van der Waals surface area contributed by atoms with Gasteiger partial charge in [-0.3, -0.25) is 9.79 Å². The van der Waals surface area contributed by atoms with Crippen LogP contribution in [0.1, 0.15) is 38.2 Å². The van der Waals surface area contributed by atoms with Crippen molar-refractivity contribution in [2.45, 2.75) is 45.1 Å². The zero-order valence-corrected chi connectivity index (χ0v) is 15.9. The number of piperidine rings is 1. The van der Waals surface area contributed by atoms with Crippen LogP contribution >= 0.6 is 11.6 Å². The number of nitrogens with zero attached hydrogens (tertiary/aromatic N) is 3. The SMILES string of the molecule is CN=C(NCCC(=O)N1CCCCC1C)NCCc1ccc(Cl)nc1. The van der Waals surface area contributed by atoms with Crippen molar-refractivity contribution in [2.75, 3.05) is 26.7 Å². The average Bonchev–Trinajstić information content (AvgIpc) is 2.62. The third-order valence-corrected chi connectivity index (χ3v) is 4.70. The molecule has 1 amide bonds. The van der Waals surface area contributed by atoms with Gasteiger partial charge in [-0.15, -0.1) is 0 Å². The molecule has 7 heteroatoms. The van der Waals surface area contributed by atoms with Crippen molar-refractivity contribution in [3.63, 3.8) is 0 Å². The minimum Gasteiger partial charge on any atom is -0.356 e. The number of amides is 1. The molecule has 0 saturated carbocycles. The molecule has 2 heterocycles. The topological polar surface area (TPSA) is 69.6 Å². The van der Waals surface area contributed by atoms with Gasteiger partial charge in [-0.25, -0.2) is 4.98 Å². The van der Waals surface area contributed by atoms with Crippen LogP contribution in [0.5, 0.6) is 0 Å². The zero-order chi connectivity index (χ0) is 18.1. The van der Waals surface area contributed by atoms with Gasteiger partial charge in [-0.1, -0.05) is 17.7 Å². The Bertz CT molecular complexity index is 575. The van der Waals surface area contributed by atoms with E-state index in [1.54, 1.807) is 19.3 Å². The predicted octanol–water partition coefficient (Wildman–Crippen LogP) is 2.23. The van der Waals surface area contributed by atoms with Gasteiger partial charge in [0.05, 0.1) is 0 Å². The van der Waals surface area contributed by atoms with E-state index in [0.29, 0.717) is 30.1 Å². The minimum absolute atomic E-state index is 0.224. The van der Waals surface area contributed by atoms with Crippen LogP contribution in [0, 0.1) is 0 Å². The lowest BCUT2D eigenvalue weighted by Crippen LogP contribution is -2.44. The van der Waals surface area contributed by atoms with E-state index in [2.05, 4.69) is 27.5 Å². The van der Waals surface area contributed by atoms with Crippen LogP contribution in [0.3, 0.4) is 0 Å². The molecular formula is C18H28ClN5O. The fourth-order valence-corrected chi connectivity index (χ4v) is 3.11. The summed E-state index contributed by atoms with van der Waals surface area (Å²) in [5.41, 5.74) is 1.11. The van der Waals surface area contributed by atoms with Crippen molar-refractivity contribution in [3.05, 3.63) is 29.0 Å². The molecule has 1 fully saturated rings. The van der Waals surface area contributed by atoms with Crippen molar-refractivity contribution in [3.8, 4) is 0 Å². The maximum absolute atomic E-state index is 12.3. The van der Waals surface area contributed by atoms with E-state index < -0.39 is 0 Å². The molecule has 0 aromatic carbocycles. The van der Waals surface area contributed by atoms with Crippen LogP contribution < -0.4 is 10.6 Å². The minimum atomic E-state index is 0.224. The van der Waals surface area contributed by atoms with Gasteiger partial charge in [-0.05, 0) is 44.2 Å². The van der Waals surface area contributed by atoms with Crippen molar-refractivity contribution in [2.24, 2.45) is 4.99 Å². The second-order valence-electron chi connectivity index (χ2n) is 6.35. The Kier molecular flexibility index (Phi) is 7.98. The fraction of sp³-hybridized carbons (Fsp3) is 0.611. The molecule has 1 unspecified atom stereocenters. The molecule has 25 heavy (non-hydrogen) atoms. The van der Waals surface area contributed by atoms with Crippen molar-refractivity contribution < 1.29 is 4.79 Å². The number of halogens is 1. The number of nitrogens with one attached hydrogen (secondary N) is 2. The first kappa shape index (κ1) is 19.5. The molecule has 1 aromatic heterocycles. The second-order valence-corrected chi connectivity index (χ2v) is 6.73. The molecule has 1 atom stereocenters. The van der Waals surface area contributed by atoms with Crippen molar-refractivity contribution in [1.29, 1.82) is 0 Å². The standard InChI is InChI=1S/C18H28ClN5O/c1-14-5-3-4-12-24(14)17(25)9-11-22-18(20-2)21-10-8-15-6-7-16(19)23-13-15/h6-7,13-14H,3-5,8-12H2,1-2H3,(H2,20,21,22). The van der Waals surface area contributed by atoms with Crippen molar-refractivity contribution >= 4 is 23.5 Å². The molecular weight excluding hydrogens is 338 g/mol. The van der Waals surface area contributed by atoms with Crippen molar-refractivity contribution in [1.82, 2.24) is 20.5 Å². The maximum atomic E-state index is 12.3. The summed E-state index contributed by atoms with van der Waals surface area (Å²) in [6, 6.07) is 4.12. The Hall–Kier alpha value is -1.82. The van der Waals surface area contributed by atoms with E-state index in [1.807, 2.05) is 11.0 Å². The molecule has 0 aliphatic carbocycles. The summed E-state index contributed by atoms with van der Waals surface area (Å²) >= 11 is 5.78. The molecule has 0 bridgehead atoms. The van der Waals surface area contributed by atoms with E-state index in [4.69, 9.17) is 11.6 Å². The molecule has 0 radical (unpaired) electrons. The summed E-state index contributed by atoms with van der Waals surface area (Å²) in [5, 5.41) is 6.95. The van der Waals surface area contributed by atoms with Gasteiger partial charge in [0, 0.05) is 45.3 Å². The summed E-state index contributed by atoms with van der Waals surface area (Å²) in [7, 11) is 1.73. The van der Waals surface area contributed by atoms with Crippen LogP contribution in [0.25, 0.3) is 0 Å². The molecule has 6 nitrogen and oxygen atoms in total. The Balaban J connectivity index is 1.66. The molecule has 1 aliphatic heterocycles. The Morgan fingerprint density at radius 1 is 1.36 bits per heavy atom. The van der Waals surface area contributed by atoms with Crippen LogP contribution in [-0.4, -0.2) is 54.5 Å². The lowest BCUT2D eigenvalue weighted by molar-refractivity contribution is -0.134. The first-order chi connectivity index (χ1) is 12.1. The lowest BCUT2D eigenvalue weighted by atomic mass is 10.0. The molecule has 2 N–H and O–H groups in total. The monoisotopic (exact) mass is 365 g/mol. The normalized spacial score (nSPS) is 18.1. The van der Waals surface area contributed by atoms with E-state index >= 15 is 0 Å². The number of pyridine rings is 1. The molecule has 1 saturated heterocycles. The molecule has 0 spiro atoms. The van der Waals surface area contributed by atoms with Gasteiger partial charge in [0.25, 0.3) is 0 Å². The fourth-order valence-electron chi connectivity index (χ4n) is 3.00. The van der Waals surface area contributed by atoms with Gasteiger partial charge in [-0.2, -0.15) is 0 Å². The molecule has 2 rings (SSSR count). The number of carbonyl (C=O) groups excluding carboxylic acids is 1. The molecule has 138 valence electrons. The van der Waals surface area contributed by atoms with Gasteiger partial charge in [0.2, 0.25) is 5.91 Å². The van der Waals surface area contributed by atoms with Gasteiger partial charge in [0.15, 0.2) is 5.96 Å². The highest BCUT2D eigenvalue weighted by Crippen LogP contribution is 2.16. The van der Waals surface area contributed by atoms with Crippen LogP contribution in [0.2, 0.25) is 5.15 Å². The third-order valence-electron chi connectivity index (χ3n) is 4.47. The highest BCUT2D eigenvalue weighted by Gasteiger charge is 2.22. The highest BCUT2D eigenvalue weighted by molar-refractivity contribution is 6.29. The maximum Gasteiger partial charge on any atom is 0.224 e. The van der Waals surface area contributed by atoms with E-state index in [9.17, 15) is 4.79 Å². The largest absolute Gasteiger partial charge is 0.356 e. The Morgan fingerprint density at radius 3 is 2.84 bits per heavy atom. The second kappa shape index (κ2) is 10.2. The zero-order valence-electron chi connectivity index (χ0n) is 15.1. The number of aromatic nitrogens is 1. The smallest absolute Gasteiger partial charge is 0.224 e. The number of carbonyl (C=O) groups is 1. The third kappa shape index (κ3) is 6.53. The summed E-state index contributed by atoms with van der Waals surface area (Å²) in [6.45, 7) is 4.35. The van der Waals surface area contributed by atoms with Crippen LogP contribution in [-0.2, 0) is 11.2 Å². The summed E-state index contributed by atoms with van der Waals surface area (Å²) in [5.74, 6) is 0.934. The number of likely N-dealkylation sites (tertiary alicyclic amines) is 1. The van der Waals surface area contributed by atoms with E-state index in [-0.39, 0.29) is 5.91 Å². The molecule has 1 aliphatic rings. The van der Waals surface area contributed by atoms with Crippen LogP contribution in [0.15, 0.2) is 23.3 Å². The Morgan fingerprint density at radius 2 is 2.16 bits per heavy atom. The van der Waals surface area contributed by atoms with E-state index in [0.717, 1.165) is 37.9 Å². The first-order valence-corrected chi connectivity index (χ1v) is 9.32. The number of aliphatic imine (C=N–C) groups is 1. The van der Waals surface area contributed by atoms with Crippen LogP contribution in [0.4, 0.5) is 0 Å². The summed E-state index contributed by atoms with van der Waals surface area (Å²) < 4.78 is 0. The van der Waals surface area contributed by atoms with Gasteiger partial charge in [0.1, 0.15) is 5.15 Å². The average molecular weight is 366 g/mol. The predicted molar refractivity (Wildman–Crippen MR) is 102 cm³/mol. The number of hydrogen-bond acceptors (Lipinski definition) is 3. The van der Waals surface area contributed by atoms with Gasteiger partial charge < -0.3 is 15.5 Å². The number of hydrogen-bond donors (Lipinski definition) is 2.